The van der Waals surface area contributed by atoms with Gasteiger partial charge in [0.15, 0.2) is 0 Å². The molecule has 0 saturated carbocycles. The molecule has 21 heavy (non-hydrogen) atoms. The maximum absolute atomic E-state index is 12.4. The highest BCUT2D eigenvalue weighted by Crippen LogP contribution is 2.26. The lowest BCUT2D eigenvalue weighted by Gasteiger charge is -2.37. The normalized spacial score (nSPS) is 23.0. The van der Waals surface area contributed by atoms with Gasteiger partial charge in [0.2, 0.25) is 5.91 Å². The van der Waals surface area contributed by atoms with Crippen molar-refractivity contribution in [3.8, 4) is 0 Å². The fourth-order valence-corrected chi connectivity index (χ4v) is 2.30. The Labute approximate surface area is 122 Å². The van der Waals surface area contributed by atoms with Crippen LogP contribution in [0.1, 0.15) is 20.3 Å². The molecule has 0 spiro atoms. The number of carbonyl (C=O) groups excluding carboxylic acids is 1. The van der Waals surface area contributed by atoms with Gasteiger partial charge in [0, 0.05) is 0 Å². The van der Waals surface area contributed by atoms with E-state index >= 15 is 0 Å². The third-order valence-electron chi connectivity index (χ3n) is 3.56. The molecule has 0 aromatic heterocycles. The summed E-state index contributed by atoms with van der Waals surface area (Å²) < 4.78 is 0. The molecule has 0 saturated heterocycles. The largest absolute Gasteiger partial charge is 0.399 e. The van der Waals surface area contributed by atoms with E-state index in [0.717, 1.165) is 0 Å². The standard InChI is InChI=1S/C14H18N4O3/c1-10-14(17-20,11(2)16-21-3)9-13(19)18(15-10)12-7-5-4-6-8-12/h4-8,17,20H,9H2,1-3H3/b16-11+. The quantitative estimate of drug-likeness (QED) is 0.650. The molecule has 1 aliphatic rings. The van der Waals surface area contributed by atoms with Gasteiger partial charge in [-0.25, -0.2) is 5.01 Å². The number of hydrogen-bond acceptors (Lipinski definition) is 6. The summed E-state index contributed by atoms with van der Waals surface area (Å²) in [5.41, 5.74) is 2.65. The molecule has 0 bridgehead atoms. The summed E-state index contributed by atoms with van der Waals surface area (Å²) in [5, 5.41) is 19.0. The zero-order chi connectivity index (χ0) is 15.5. The van der Waals surface area contributed by atoms with Crippen molar-refractivity contribution in [3.05, 3.63) is 30.3 Å². The molecule has 7 heteroatoms. The molecule has 2 rings (SSSR count). The Balaban J connectivity index is 2.44. The lowest BCUT2D eigenvalue weighted by Crippen LogP contribution is -2.61. The first-order valence-corrected chi connectivity index (χ1v) is 6.48. The van der Waals surface area contributed by atoms with E-state index in [-0.39, 0.29) is 12.3 Å². The second-order valence-electron chi connectivity index (χ2n) is 4.78. The van der Waals surface area contributed by atoms with Gasteiger partial charge in [-0.3, -0.25) is 4.79 Å². The smallest absolute Gasteiger partial charge is 0.250 e. The molecule has 7 nitrogen and oxygen atoms in total. The Morgan fingerprint density at radius 3 is 2.71 bits per heavy atom. The molecule has 2 N–H and O–H groups in total. The number of benzene rings is 1. The number of hydrazone groups is 1. The fraction of sp³-hybridized carbons (Fsp3) is 0.357. The number of hydrogen-bond donors (Lipinski definition) is 2. The van der Waals surface area contributed by atoms with Gasteiger partial charge >= 0.3 is 0 Å². The van der Waals surface area contributed by atoms with Crippen molar-refractivity contribution in [1.82, 2.24) is 5.48 Å². The number of rotatable bonds is 4. The molecular weight excluding hydrogens is 272 g/mol. The summed E-state index contributed by atoms with van der Waals surface area (Å²) in [6, 6.07) is 9.12. The molecule has 1 aromatic rings. The molecular formula is C14H18N4O3. The molecule has 0 aliphatic carbocycles. The average molecular weight is 290 g/mol. The van der Waals surface area contributed by atoms with Crippen LogP contribution in [0.5, 0.6) is 0 Å². The maximum Gasteiger partial charge on any atom is 0.250 e. The van der Waals surface area contributed by atoms with Crippen molar-refractivity contribution in [2.75, 3.05) is 12.1 Å². The molecule has 1 heterocycles. The lowest BCUT2D eigenvalue weighted by molar-refractivity contribution is -0.120. The van der Waals surface area contributed by atoms with Crippen LogP contribution in [0.4, 0.5) is 5.69 Å². The van der Waals surface area contributed by atoms with E-state index in [9.17, 15) is 10.0 Å². The Hall–Kier alpha value is -2.25. The number of nitrogens with zero attached hydrogens (tertiary/aromatic N) is 3. The summed E-state index contributed by atoms with van der Waals surface area (Å²) in [4.78, 5) is 17.1. The summed E-state index contributed by atoms with van der Waals surface area (Å²) in [7, 11) is 1.40. The molecule has 1 atom stereocenters. The van der Waals surface area contributed by atoms with Gasteiger partial charge in [-0.15, -0.1) is 0 Å². The number of carbonyl (C=O) groups is 1. The van der Waals surface area contributed by atoms with Gasteiger partial charge in [-0.05, 0) is 26.0 Å². The van der Waals surface area contributed by atoms with E-state index in [2.05, 4.69) is 15.7 Å². The zero-order valence-corrected chi connectivity index (χ0v) is 12.2. The third-order valence-corrected chi connectivity index (χ3v) is 3.56. The van der Waals surface area contributed by atoms with Crippen molar-refractivity contribution in [3.63, 3.8) is 0 Å². The Bertz CT molecular complexity index is 585. The summed E-state index contributed by atoms with van der Waals surface area (Å²) >= 11 is 0. The van der Waals surface area contributed by atoms with E-state index in [1.165, 1.54) is 12.1 Å². The zero-order valence-electron chi connectivity index (χ0n) is 12.2. The van der Waals surface area contributed by atoms with Crippen LogP contribution < -0.4 is 10.5 Å². The van der Waals surface area contributed by atoms with E-state index < -0.39 is 5.54 Å². The number of para-hydroxylation sites is 1. The lowest BCUT2D eigenvalue weighted by atomic mass is 9.85. The topological polar surface area (TPSA) is 86.5 Å². The van der Waals surface area contributed by atoms with E-state index in [1.807, 2.05) is 18.2 Å². The van der Waals surface area contributed by atoms with E-state index in [0.29, 0.717) is 17.1 Å². The molecule has 112 valence electrons. The number of anilines is 1. The SMILES string of the molecule is CO/N=C(\C)C1(NO)CC(=O)N(c2ccccc2)N=C1C. The number of nitrogens with one attached hydrogen (secondary N) is 1. The second kappa shape index (κ2) is 6.02. The van der Waals surface area contributed by atoms with Gasteiger partial charge in [0.25, 0.3) is 0 Å². The molecule has 1 aromatic carbocycles. The van der Waals surface area contributed by atoms with Crippen LogP contribution in [0.2, 0.25) is 0 Å². The highest BCUT2D eigenvalue weighted by atomic mass is 16.6. The fourth-order valence-electron chi connectivity index (χ4n) is 2.30. The minimum atomic E-state index is -1.14. The Kier molecular flexibility index (Phi) is 4.35. The Morgan fingerprint density at radius 1 is 1.48 bits per heavy atom. The van der Waals surface area contributed by atoms with Crippen LogP contribution in [0.25, 0.3) is 0 Å². The summed E-state index contributed by atoms with van der Waals surface area (Å²) in [6.07, 6.45) is -0.00752. The van der Waals surface area contributed by atoms with Crippen molar-refractivity contribution < 1.29 is 14.8 Å². The summed E-state index contributed by atoms with van der Waals surface area (Å²) in [6.45, 7) is 3.39. The van der Waals surface area contributed by atoms with Crippen LogP contribution in [0.15, 0.2) is 40.6 Å². The average Bonchev–Trinajstić information content (AvgIpc) is 2.50. The molecule has 0 fully saturated rings. The number of oxime groups is 1. The maximum atomic E-state index is 12.4. The number of amides is 1. The minimum absolute atomic E-state index is 0.00752. The van der Waals surface area contributed by atoms with Gasteiger partial charge < -0.3 is 10.0 Å². The minimum Gasteiger partial charge on any atom is -0.399 e. The molecule has 1 aliphatic heterocycles. The molecule has 0 radical (unpaired) electrons. The van der Waals surface area contributed by atoms with Crippen molar-refractivity contribution in [2.24, 2.45) is 10.3 Å². The number of hydroxylamine groups is 1. The van der Waals surface area contributed by atoms with Gasteiger partial charge in [0.05, 0.1) is 23.5 Å². The van der Waals surface area contributed by atoms with E-state index in [1.54, 1.807) is 26.0 Å². The van der Waals surface area contributed by atoms with Crippen molar-refractivity contribution in [1.29, 1.82) is 0 Å². The highest BCUT2D eigenvalue weighted by molar-refractivity contribution is 6.20. The van der Waals surface area contributed by atoms with Crippen LogP contribution in [0, 0.1) is 0 Å². The second-order valence-corrected chi connectivity index (χ2v) is 4.78. The van der Waals surface area contributed by atoms with Crippen molar-refractivity contribution >= 4 is 23.0 Å². The first-order chi connectivity index (χ1) is 10.0. The van der Waals surface area contributed by atoms with Crippen LogP contribution >= 0.6 is 0 Å². The monoisotopic (exact) mass is 290 g/mol. The highest BCUT2D eigenvalue weighted by Gasteiger charge is 2.44. The third kappa shape index (κ3) is 2.65. The van der Waals surface area contributed by atoms with Gasteiger partial charge in [0.1, 0.15) is 12.6 Å². The molecule has 1 amide bonds. The van der Waals surface area contributed by atoms with Crippen molar-refractivity contribution in [2.45, 2.75) is 25.8 Å². The van der Waals surface area contributed by atoms with Gasteiger partial charge in [-0.2, -0.15) is 10.6 Å². The molecule has 1 unspecified atom stereocenters. The summed E-state index contributed by atoms with van der Waals surface area (Å²) in [5.74, 6) is -0.251. The van der Waals surface area contributed by atoms with E-state index in [4.69, 9.17) is 4.84 Å². The Morgan fingerprint density at radius 2 is 2.14 bits per heavy atom. The predicted molar refractivity (Wildman–Crippen MR) is 79.4 cm³/mol. The van der Waals surface area contributed by atoms with Crippen LogP contribution in [-0.2, 0) is 9.63 Å². The predicted octanol–water partition coefficient (Wildman–Crippen LogP) is 1.54. The van der Waals surface area contributed by atoms with Gasteiger partial charge in [-0.1, -0.05) is 23.4 Å². The first kappa shape index (κ1) is 15.1. The van der Waals surface area contributed by atoms with Crippen LogP contribution in [0.3, 0.4) is 0 Å². The first-order valence-electron chi connectivity index (χ1n) is 6.48. The van der Waals surface area contributed by atoms with Crippen LogP contribution in [-0.4, -0.2) is 35.2 Å².